The molecule has 0 aliphatic carbocycles. The van der Waals surface area contributed by atoms with Crippen LogP contribution in [-0.4, -0.2) is 43.6 Å². The Kier molecular flexibility index (Phi) is 9.76. The number of ether oxygens (including phenoxy) is 2. The van der Waals surface area contributed by atoms with Crippen LogP contribution >= 0.6 is 11.6 Å². The van der Waals surface area contributed by atoms with E-state index >= 15 is 0 Å². The summed E-state index contributed by atoms with van der Waals surface area (Å²) >= 11 is 6.15. The third-order valence-corrected chi connectivity index (χ3v) is 3.74. The maximum absolute atomic E-state index is 12.5. The molecular weight excluding hydrogens is 372 g/mol. The summed E-state index contributed by atoms with van der Waals surface area (Å²) < 4.78 is 9.80. The van der Waals surface area contributed by atoms with Crippen molar-refractivity contribution in [2.45, 2.75) is 32.7 Å². The molecule has 2 N–H and O–H groups in total. The Bertz CT molecular complexity index is 715. The first kappa shape index (κ1) is 22.3. The van der Waals surface area contributed by atoms with Crippen molar-refractivity contribution in [3.8, 4) is 12.3 Å². The zero-order valence-electron chi connectivity index (χ0n) is 15.3. The van der Waals surface area contributed by atoms with Crippen LogP contribution in [0.2, 0.25) is 5.02 Å². The van der Waals surface area contributed by atoms with Crippen molar-refractivity contribution in [3.63, 3.8) is 0 Å². The van der Waals surface area contributed by atoms with E-state index in [4.69, 9.17) is 27.5 Å². The maximum atomic E-state index is 12.5. The van der Waals surface area contributed by atoms with Gasteiger partial charge >= 0.3 is 11.9 Å². The van der Waals surface area contributed by atoms with Gasteiger partial charge in [0.15, 0.2) is 0 Å². The molecule has 0 aromatic heterocycles. The van der Waals surface area contributed by atoms with Gasteiger partial charge in [0, 0.05) is 12.1 Å². The predicted molar refractivity (Wildman–Crippen MR) is 103 cm³/mol. The second-order valence-electron chi connectivity index (χ2n) is 5.37. The van der Waals surface area contributed by atoms with Crippen molar-refractivity contribution >= 4 is 35.1 Å². The Morgan fingerprint density at radius 3 is 2.52 bits per heavy atom. The Balaban J connectivity index is 2.84. The molecule has 0 bridgehead atoms. The summed E-state index contributed by atoms with van der Waals surface area (Å²) in [6.45, 7) is 4.06. The Morgan fingerprint density at radius 2 is 1.93 bits per heavy atom. The quantitative estimate of drug-likeness (QED) is 0.467. The van der Waals surface area contributed by atoms with Gasteiger partial charge in [-0.05, 0) is 38.5 Å². The molecule has 0 spiro atoms. The molecule has 0 fully saturated rings. The van der Waals surface area contributed by atoms with Gasteiger partial charge in [-0.2, -0.15) is 0 Å². The number of benzene rings is 1. The molecule has 1 aromatic rings. The number of terminal acetylenes is 1. The van der Waals surface area contributed by atoms with E-state index < -0.39 is 23.9 Å². The fraction of sp³-hybridized carbons (Fsp3) is 0.421. The molecule has 8 heteroatoms. The van der Waals surface area contributed by atoms with E-state index in [1.54, 1.807) is 26.0 Å². The minimum Gasteiger partial charge on any atom is -0.466 e. The predicted octanol–water partition coefficient (Wildman–Crippen LogP) is 2.39. The first-order valence-corrected chi connectivity index (χ1v) is 8.90. The Morgan fingerprint density at radius 1 is 1.22 bits per heavy atom. The molecule has 1 atom stereocenters. The Hall–Kier alpha value is -2.72. The maximum Gasteiger partial charge on any atom is 0.328 e. The smallest absolute Gasteiger partial charge is 0.328 e. The van der Waals surface area contributed by atoms with Crippen LogP contribution in [0, 0.1) is 12.3 Å². The fourth-order valence-corrected chi connectivity index (χ4v) is 2.45. The SMILES string of the molecule is C#CCNc1ccc(C(=O)N[C@H](CCC(=O)OCC)C(=O)OCC)c(Cl)c1. The monoisotopic (exact) mass is 394 g/mol. The van der Waals surface area contributed by atoms with Crippen molar-refractivity contribution < 1.29 is 23.9 Å². The second kappa shape index (κ2) is 11.8. The molecule has 27 heavy (non-hydrogen) atoms. The number of hydrogen-bond acceptors (Lipinski definition) is 6. The lowest BCUT2D eigenvalue weighted by atomic mass is 10.1. The van der Waals surface area contributed by atoms with Crippen LogP contribution in [0.5, 0.6) is 0 Å². The molecule has 1 amide bonds. The average molecular weight is 395 g/mol. The van der Waals surface area contributed by atoms with Gasteiger partial charge in [-0.1, -0.05) is 17.5 Å². The van der Waals surface area contributed by atoms with E-state index in [2.05, 4.69) is 16.6 Å². The molecule has 146 valence electrons. The first-order valence-electron chi connectivity index (χ1n) is 8.52. The van der Waals surface area contributed by atoms with E-state index in [1.807, 2.05) is 0 Å². The summed E-state index contributed by atoms with van der Waals surface area (Å²) in [6, 6.07) is 3.74. The van der Waals surface area contributed by atoms with Gasteiger partial charge in [0.25, 0.3) is 5.91 Å². The zero-order valence-corrected chi connectivity index (χ0v) is 16.1. The summed E-state index contributed by atoms with van der Waals surface area (Å²) in [6.07, 6.45) is 5.21. The van der Waals surface area contributed by atoms with Gasteiger partial charge in [0.1, 0.15) is 6.04 Å². The fourth-order valence-electron chi connectivity index (χ4n) is 2.19. The molecule has 0 aliphatic heterocycles. The highest BCUT2D eigenvalue weighted by Crippen LogP contribution is 2.21. The number of amides is 1. The van der Waals surface area contributed by atoms with E-state index in [0.29, 0.717) is 12.2 Å². The number of anilines is 1. The second-order valence-corrected chi connectivity index (χ2v) is 5.78. The highest BCUT2D eigenvalue weighted by molar-refractivity contribution is 6.34. The van der Waals surface area contributed by atoms with Crippen LogP contribution < -0.4 is 10.6 Å². The zero-order chi connectivity index (χ0) is 20.2. The minimum atomic E-state index is -0.989. The van der Waals surface area contributed by atoms with Gasteiger partial charge in [-0.25, -0.2) is 4.79 Å². The average Bonchev–Trinajstić information content (AvgIpc) is 2.63. The number of rotatable bonds is 10. The highest BCUT2D eigenvalue weighted by atomic mass is 35.5. The lowest BCUT2D eigenvalue weighted by Gasteiger charge is -2.17. The van der Waals surface area contributed by atoms with Gasteiger partial charge in [0.05, 0.1) is 30.3 Å². The molecule has 0 heterocycles. The number of carbonyl (C=O) groups is 3. The largest absolute Gasteiger partial charge is 0.466 e. The number of carbonyl (C=O) groups excluding carboxylic acids is 3. The molecule has 0 aliphatic rings. The summed E-state index contributed by atoms with van der Waals surface area (Å²) in [5, 5.41) is 5.70. The lowest BCUT2D eigenvalue weighted by molar-refractivity contribution is -0.146. The number of hydrogen-bond donors (Lipinski definition) is 2. The van der Waals surface area contributed by atoms with Crippen molar-refractivity contribution in [3.05, 3.63) is 28.8 Å². The summed E-state index contributed by atoms with van der Waals surface area (Å²) in [5.74, 6) is 0.801. The van der Waals surface area contributed by atoms with Crippen LogP contribution in [-0.2, 0) is 19.1 Å². The molecule has 0 unspecified atom stereocenters. The number of nitrogens with one attached hydrogen (secondary N) is 2. The van der Waals surface area contributed by atoms with E-state index in [-0.39, 0.29) is 36.6 Å². The van der Waals surface area contributed by atoms with E-state index in [0.717, 1.165) is 0 Å². The Labute approximate surface area is 163 Å². The molecular formula is C19H23ClN2O5. The summed E-state index contributed by atoms with van der Waals surface area (Å²) in [4.78, 5) is 36.1. The summed E-state index contributed by atoms with van der Waals surface area (Å²) in [5.41, 5.74) is 0.854. The topological polar surface area (TPSA) is 93.7 Å². The van der Waals surface area contributed by atoms with Gasteiger partial charge in [-0.3, -0.25) is 9.59 Å². The van der Waals surface area contributed by atoms with Gasteiger partial charge < -0.3 is 20.1 Å². The van der Waals surface area contributed by atoms with Crippen LogP contribution in [0.1, 0.15) is 37.0 Å². The normalized spacial score (nSPS) is 11.0. The highest BCUT2D eigenvalue weighted by Gasteiger charge is 2.24. The number of esters is 2. The number of halogens is 1. The first-order chi connectivity index (χ1) is 12.9. The molecule has 0 saturated carbocycles. The van der Waals surface area contributed by atoms with Crippen molar-refractivity contribution in [2.75, 3.05) is 25.1 Å². The third kappa shape index (κ3) is 7.59. The standard InChI is InChI=1S/C19H23ClN2O5/c1-4-11-21-13-7-8-14(15(20)12-13)18(24)22-16(19(25)27-6-3)9-10-17(23)26-5-2/h1,7-8,12,16,21H,5-6,9-11H2,2-3H3,(H,22,24)/t16-/m1/s1. The van der Waals surface area contributed by atoms with E-state index in [1.165, 1.54) is 6.07 Å². The minimum absolute atomic E-state index is 0.0275. The van der Waals surface area contributed by atoms with Gasteiger partial charge in [0.2, 0.25) is 0 Å². The van der Waals surface area contributed by atoms with Crippen LogP contribution in [0.15, 0.2) is 18.2 Å². The molecule has 1 rings (SSSR count). The molecule has 7 nitrogen and oxygen atoms in total. The van der Waals surface area contributed by atoms with Crippen LogP contribution in [0.3, 0.4) is 0 Å². The van der Waals surface area contributed by atoms with Crippen molar-refractivity contribution in [1.29, 1.82) is 0 Å². The van der Waals surface area contributed by atoms with Crippen LogP contribution in [0.4, 0.5) is 5.69 Å². The van der Waals surface area contributed by atoms with Gasteiger partial charge in [-0.15, -0.1) is 6.42 Å². The van der Waals surface area contributed by atoms with Crippen molar-refractivity contribution in [1.82, 2.24) is 5.32 Å². The molecule has 0 saturated heterocycles. The third-order valence-electron chi connectivity index (χ3n) is 3.43. The molecule has 1 aromatic carbocycles. The van der Waals surface area contributed by atoms with Crippen LogP contribution in [0.25, 0.3) is 0 Å². The summed E-state index contributed by atoms with van der Waals surface area (Å²) in [7, 11) is 0. The lowest BCUT2D eigenvalue weighted by Crippen LogP contribution is -2.42. The van der Waals surface area contributed by atoms with Crippen molar-refractivity contribution in [2.24, 2.45) is 0 Å². The molecule has 0 radical (unpaired) electrons. The van der Waals surface area contributed by atoms with E-state index in [9.17, 15) is 14.4 Å².